The van der Waals surface area contributed by atoms with Gasteiger partial charge in [0, 0.05) is 35.2 Å². The number of ether oxygens (including phenoxy) is 1. The number of esters is 1. The van der Waals surface area contributed by atoms with Crippen molar-refractivity contribution in [2.24, 2.45) is 0 Å². The molecule has 4 rings (SSSR count). The lowest BCUT2D eigenvalue weighted by molar-refractivity contribution is 0.0500. The average Bonchev–Trinajstić information content (AvgIpc) is 3.35. The van der Waals surface area contributed by atoms with Crippen LogP contribution in [-0.4, -0.2) is 22.1 Å². The first-order valence-corrected chi connectivity index (χ1v) is 8.87. The van der Waals surface area contributed by atoms with Gasteiger partial charge in [0.15, 0.2) is 0 Å². The van der Waals surface area contributed by atoms with Crippen LogP contribution >= 0.6 is 0 Å². The highest BCUT2D eigenvalue weighted by Gasteiger charge is 2.09. The van der Waals surface area contributed by atoms with Gasteiger partial charge in [0.2, 0.25) is 0 Å². The summed E-state index contributed by atoms with van der Waals surface area (Å²) in [5, 5.41) is 0.877. The first-order chi connectivity index (χ1) is 13.2. The van der Waals surface area contributed by atoms with Gasteiger partial charge in [-0.2, -0.15) is 0 Å². The molecule has 0 aliphatic heterocycles. The van der Waals surface area contributed by atoms with Crippen molar-refractivity contribution >= 4 is 16.9 Å². The van der Waals surface area contributed by atoms with E-state index in [1.165, 1.54) is 12.1 Å². The molecule has 1 N–H and O–H groups in total. The minimum Gasteiger partial charge on any atom is -0.462 e. The van der Waals surface area contributed by atoms with Crippen molar-refractivity contribution in [2.75, 3.05) is 6.61 Å². The number of halogens is 1. The fourth-order valence-electron chi connectivity index (χ4n) is 3.14. The molecule has 0 fully saturated rings. The molecule has 0 amide bonds. The molecule has 0 unspecified atom stereocenters. The Morgan fingerprint density at radius 3 is 2.63 bits per heavy atom. The highest BCUT2D eigenvalue weighted by Crippen LogP contribution is 2.20. The van der Waals surface area contributed by atoms with E-state index in [4.69, 9.17) is 4.74 Å². The van der Waals surface area contributed by atoms with E-state index in [0.717, 1.165) is 22.2 Å². The number of aryl methyl sites for hydroxylation is 1. The average molecular weight is 362 g/mol. The SMILES string of the molecule is O=C(OCCCc1c[nH]c2ccc(F)cc12)c1ccc(-n2cccc2)cc1. The number of carbonyl (C=O) groups is 1. The minimum absolute atomic E-state index is 0.252. The van der Waals surface area contributed by atoms with E-state index in [9.17, 15) is 9.18 Å². The molecule has 0 saturated carbocycles. The lowest BCUT2D eigenvalue weighted by Gasteiger charge is -2.07. The molecule has 0 spiro atoms. The van der Waals surface area contributed by atoms with Gasteiger partial charge in [-0.25, -0.2) is 9.18 Å². The summed E-state index contributed by atoms with van der Waals surface area (Å²) in [5.41, 5.74) is 3.45. The van der Waals surface area contributed by atoms with Crippen LogP contribution in [0.25, 0.3) is 16.6 Å². The standard InChI is InChI=1S/C22H19FN2O2/c23-18-7-10-21-20(14-18)17(15-24-21)4-3-13-27-22(26)16-5-8-19(9-6-16)25-11-1-2-12-25/h1-2,5-12,14-15,24H,3-4,13H2. The Balaban J connectivity index is 1.31. The van der Waals surface area contributed by atoms with Crippen molar-refractivity contribution in [1.29, 1.82) is 0 Å². The zero-order valence-electron chi connectivity index (χ0n) is 14.7. The van der Waals surface area contributed by atoms with Crippen LogP contribution in [0, 0.1) is 5.82 Å². The van der Waals surface area contributed by atoms with Crippen LogP contribution < -0.4 is 0 Å². The number of hydrogen-bond acceptors (Lipinski definition) is 2. The molecule has 4 aromatic rings. The molecular weight excluding hydrogens is 343 g/mol. The predicted molar refractivity (Wildman–Crippen MR) is 103 cm³/mol. The predicted octanol–water partition coefficient (Wildman–Crippen LogP) is 4.89. The maximum Gasteiger partial charge on any atom is 0.338 e. The normalized spacial score (nSPS) is 11.0. The van der Waals surface area contributed by atoms with Crippen molar-refractivity contribution in [2.45, 2.75) is 12.8 Å². The molecule has 2 aromatic carbocycles. The third-order valence-electron chi connectivity index (χ3n) is 4.56. The molecule has 2 aromatic heterocycles. The van der Waals surface area contributed by atoms with Gasteiger partial charge in [-0.05, 0) is 73.0 Å². The van der Waals surface area contributed by atoms with Gasteiger partial charge >= 0.3 is 5.97 Å². The van der Waals surface area contributed by atoms with Crippen molar-refractivity contribution in [3.8, 4) is 5.69 Å². The zero-order chi connectivity index (χ0) is 18.6. The van der Waals surface area contributed by atoms with Crippen LogP contribution in [0.4, 0.5) is 4.39 Å². The molecule has 136 valence electrons. The summed E-state index contributed by atoms with van der Waals surface area (Å²) in [7, 11) is 0. The van der Waals surface area contributed by atoms with Crippen LogP contribution in [0.15, 0.2) is 73.2 Å². The second-order valence-electron chi connectivity index (χ2n) is 6.38. The summed E-state index contributed by atoms with van der Waals surface area (Å²) in [6, 6.07) is 15.9. The van der Waals surface area contributed by atoms with Crippen molar-refractivity contribution in [1.82, 2.24) is 9.55 Å². The third-order valence-corrected chi connectivity index (χ3v) is 4.56. The maximum absolute atomic E-state index is 13.4. The Kier molecular flexibility index (Phi) is 4.75. The van der Waals surface area contributed by atoms with Crippen molar-refractivity contribution in [3.05, 3.63) is 90.1 Å². The van der Waals surface area contributed by atoms with Gasteiger partial charge in [-0.1, -0.05) is 0 Å². The van der Waals surface area contributed by atoms with E-state index >= 15 is 0 Å². The Morgan fingerprint density at radius 2 is 1.85 bits per heavy atom. The minimum atomic E-state index is -0.334. The number of nitrogens with one attached hydrogen (secondary N) is 1. The van der Waals surface area contributed by atoms with E-state index in [2.05, 4.69) is 4.98 Å². The van der Waals surface area contributed by atoms with Crippen LogP contribution in [0.2, 0.25) is 0 Å². The summed E-state index contributed by atoms with van der Waals surface area (Å²) >= 11 is 0. The number of H-pyrrole nitrogens is 1. The fraction of sp³-hybridized carbons (Fsp3) is 0.136. The number of nitrogens with zero attached hydrogens (tertiary/aromatic N) is 1. The van der Waals surface area contributed by atoms with E-state index < -0.39 is 0 Å². The van der Waals surface area contributed by atoms with Crippen LogP contribution in [0.5, 0.6) is 0 Å². The summed E-state index contributed by atoms with van der Waals surface area (Å²) in [6.07, 6.45) is 7.17. The molecule has 0 saturated heterocycles. The number of benzene rings is 2. The van der Waals surface area contributed by atoms with Gasteiger partial charge in [0.05, 0.1) is 12.2 Å². The molecule has 5 heteroatoms. The Morgan fingerprint density at radius 1 is 1.07 bits per heavy atom. The number of rotatable bonds is 6. The summed E-state index contributed by atoms with van der Waals surface area (Å²) in [6.45, 7) is 0.320. The number of fused-ring (bicyclic) bond motifs is 1. The van der Waals surface area contributed by atoms with Crippen molar-refractivity contribution < 1.29 is 13.9 Å². The molecule has 2 heterocycles. The molecule has 0 aliphatic carbocycles. The van der Waals surface area contributed by atoms with Crippen LogP contribution in [-0.2, 0) is 11.2 Å². The van der Waals surface area contributed by atoms with Gasteiger partial charge in [-0.15, -0.1) is 0 Å². The number of aromatic nitrogens is 2. The topological polar surface area (TPSA) is 47.0 Å². The highest BCUT2D eigenvalue weighted by atomic mass is 19.1. The lowest BCUT2D eigenvalue weighted by Crippen LogP contribution is -2.07. The smallest absolute Gasteiger partial charge is 0.338 e. The summed E-state index contributed by atoms with van der Waals surface area (Å²) < 4.78 is 20.7. The van der Waals surface area contributed by atoms with E-state index in [1.807, 2.05) is 47.4 Å². The first kappa shape index (κ1) is 17.1. The van der Waals surface area contributed by atoms with Gasteiger partial charge in [0.25, 0.3) is 0 Å². The summed E-state index contributed by atoms with van der Waals surface area (Å²) in [4.78, 5) is 15.3. The Bertz CT molecular complexity index is 1050. The fourth-order valence-corrected chi connectivity index (χ4v) is 3.14. The van der Waals surface area contributed by atoms with E-state index in [-0.39, 0.29) is 11.8 Å². The molecule has 4 nitrogen and oxygen atoms in total. The molecule has 27 heavy (non-hydrogen) atoms. The Labute approximate surface area is 156 Å². The molecular formula is C22H19FN2O2. The number of carbonyl (C=O) groups excluding carboxylic acids is 1. The third kappa shape index (κ3) is 3.77. The largest absolute Gasteiger partial charge is 0.462 e. The first-order valence-electron chi connectivity index (χ1n) is 8.87. The van der Waals surface area contributed by atoms with Crippen LogP contribution in [0.3, 0.4) is 0 Å². The lowest BCUT2D eigenvalue weighted by atomic mass is 10.1. The van der Waals surface area contributed by atoms with Crippen LogP contribution in [0.1, 0.15) is 22.3 Å². The highest BCUT2D eigenvalue weighted by molar-refractivity contribution is 5.89. The maximum atomic E-state index is 13.4. The molecule has 0 atom stereocenters. The van der Waals surface area contributed by atoms with Gasteiger partial charge in [-0.3, -0.25) is 0 Å². The van der Waals surface area contributed by atoms with Gasteiger partial charge < -0.3 is 14.3 Å². The summed E-state index contributed by atoms with van der Waals surface area (Å²) in [5.74, 6) is -0.586. The van der Waals surface area contributed by atoms with Gasteiger partial charge in [0.1, 0.15) is 5.82 Å². The molecule has 0 radical (unpaired) electrons. The second-order valence-corrected chi connectivity index (χ2v) is 6.38. The molecule has 0 aliphatic rings. The van der Waals surface area contributed by atoms with E-state index in [0.29, 0.717) is 25.0 Å². The monoisotopic (exact) mass is 362 g/mol. The quantitative estimate of drug-likeness (QED) is 0.392. The number of hydrogen-bond donors (Lipinski definition) is 1. The van der Waals surface area contributed by atoms with E-state index in [1.54, 1.807) is 18.2 Å². The number of aromatic amines is 1. The molecule has 0 bridgehead atoms. The zero-order valence-corrected chi connectivity index (χ0v) is 14.7. The van der Waals surface area contributed by atoms with Crippen molar-refractivity contribution in [3.63, 3.8) is 0 Å². The Hall–Kier alpha value is -3.34. The second kappa shape index (κ2) is 7.50.